The summed E-state index contributed by atoms with van der Waals surface area (Å²) in [7, 11) is 3.52. The first-order chi connectivity index (χ1) is 26.1. The van der Waals surface area contributed by atoms with Crippen molar-refractivity contribution >= 4 is 58.4 Å². The van der Waals surface area contributed by atoms with Crippen molar-refractivity contribution in [3.05, 3.63) is 69.9 Å². The van der Waals surface area contributed by atoms with Gasteiger partial charge in [-0.3, -0.25) is 23.4 Å². The molecule has 13 nitrogen and oxygen atoms in total. The summed E-state index contributed by atoms with van der Waals surface area (Å²) in [6.07, 6.45) is 4.59. The van der Waals surface area contributed by atoms with E-state index in [9.17, 15) is 32.9 Å². The van der Waals surface area contributed by atoms with Gasteiger partial charge < -0.3 is 48.3 Å². The van der Waals surface area contributed by atoms with E-state index < -0.39 is 28.9 Å². The molecule has 3 aliphatic heterocycles. The van der Waals surface area contributed by atoms with Gasteiger partial charge in [0.2, 0.25) is 23.0 Å². The first-order valence-electron chi connectivity index (χ1n) is 18.6. The Morgan fingerprint density at radius 3 is 2.43 bits per heavy atom. The van der Waals surface area contributed by atoms with Crippen LogP contribution in [0.2, 0.25) is 0 Å². The van der Waals surface area contributed by atoms with Gasteiger partial charge in [-0.2, -0.15) is 10.6 Å². The molecule has 3 saturated heterocycles. The third-order valence-electron chi connectivity index (χ3n) is 10.1. The van der Waals surface area contributed by atoms with Gasteiger partial charge in [-0.15, -0.1) is 7.05 Å². The van der Waals surface area contributed by atoms with Crippen LogP contribution in [0, 0.1) is 48.3 Å². The molecule has 4 unspecified atom stereocenters. The molecule has 0 aliphatic carbocycles. The van der Waals surface area contributed by atoms with Crippen LogP contribution in [0.4, 0.5) is 10.1 Å². The number of hydrogen-bond acceptors (Lipinski definition) is 9. The van der Waals surface area contributed by atoms with Crippen LogP contribution in [0.3, 0.4) is 0 Å². The Morgan fingerprint density at radius 1 is 1.16 bits per heavy atom. The van der Waals surface area contributed by atoms with Gasteiger partial charge in [-0.25, -0.2) is 8.60 Å². The monoisotopic (exact) mass is 1040 g/mol. The van der Waals surface area contributed by atoms with Crippen LogP contribution in [-0.2, 0) is 55.9 Å². The number of rotatable bonds is 13. The summed E-state index contributed by atoms with van der Waals surface area (Å²) in [4.78, 5) is 52.4. The first-order valence-corrected chi connectivity index (χ1v) is 20.1. The van der Waals surface area contributed by atoms with E-state index >= 15 is 0 Å². The SMILES string of the molecule is C[N-]/C(C)=C(\[S-])c1ccc(CNC(=O)C2CCCN2C(=O)C(NC)C(C)(C)C)cc1.O=CCC1CCN(CCc2cc(O)c(N3CC(=O)NS3=O)c(F)c2)C1.[U+2]. The molecule has 5 rings (SSSR count). The maximum atomic E-state index is 14.4. The number of likely N-dealkylation sites (N-methyl/N-ethyl adjacent to an activating group) is 1. The average molecular weight is 1040 g/mol. The van der Waals surface area contributed by atoms with Crippen molar-refractivity contribution in [1.82, 2.24) is 25.2 Å². The molecule has 0 bridgehead atoms. The maximum Gasteiger partial charge on any atom is 2.00 e. The van der Waals surface area contributed by atoms with Crippen LogP contribution in [0.1, 0.15) is 70.1 Å². The molecule has 0 radical (unpaired) electrons. The molecular weight excluding hydrogens is 984 g/mol. The Balaban J connectivity index is 0.000000299. The number of amides is 3. The van der Waals surface area contributed by atoms with Gasteiger partial charge in [-0.05, 0) is 79.4 Å². The quantitative estimate of drug-likeness (QED) is 0.173. The average Bonchev–Trinajstić information content (AvgIpc) is 3.89. The zero-order chi connectivity index (χ0) is 40.4. The fraction of sp³-hybridized carbons (Fsp3) is 0.538. The van der Waals surface area contributed by atoms with Crippen molar-refractivity contribution in [3.63, 3.8) is 0 Å². The van der Waals surface area contributed by atoms with Crippen molar-refractivity contribution in [2.45, 2.75) is 78.4 Å². The van der Waals surface area contributed by atoms with E-state index in [1.54, 1.807) is 19.0 Å². The zero-order valence-electron chi connectivity index (χ0n) is 33.0. The molecule has 2 aromatic carbocycles. The Hall–Kier alpha value is -3.07. The number of carbonyl (C=O) groups is 4. The molecule has 2 aromatic rings. The van der Waals surface area contributed by atoms with Gasteiger partial charge in [0.05, 0.1) is 6.04 Å². The number of nitrogens with one attached hydrogen (secondary N) is 3. The Kier molecular flexibility index (Phi) is 18.3. The molecular formula is C39H54FN7O6S2U. The van der Waals surface area contributed by atoms with Gasteiger partial charge in [-0.1, -0.05) is 52.0 Å². The van der Waals surface area contributed by atoms with Crippen molar-refractivity contribution in [1.29, 1.82) is 0 Å². The predicted octanol–water partition coefficient (Wildman–Crippen LogP) is 3.67. The van der Waals surface area contributed by atoms with Crippen LogP contribution < -0.4 is 19.7 Å². The van der Waals surface area contributed by atoms with E-state index in [1.807, 2.05) is 52.0 Å². The minimum Gasteiger partial charge on any atom is -0.781 e. The molecule has 56 heavy (non-hydrogen) atoms. The number of halogens is 1. The standard InChI is InChI=1S/C23H35N4O2S.C16H20FN3O4S.U/c1-15(24-5)19(30)17-11-9-16(10-12-17)14-26-21(28)18-8-7-13-27(18)22(29)20(25-6)23(2,3)4;17-13-7-12(2-5-19-4-1-11(9-19)3-6-21)8-14(22)16(13)20-10-15(23)18-25(20)24;/h9-12,18,20,25,30H,7-8,13-14H2,1-6H3,(H,26,28);6-8,11,22H,1-5,9-10H2,(H,18,23);/q-1;;+2/p-1/b19-15-;;. The summed E-state index contributed by atoms with van der Waals surface area (Å²) in [6.45, 7) is 11.2. The van der Waals surface area contributed by atoms with Crippen LogP contribution in [-0.4, -0.2) is 102 Å². The number of nitrogens with zero attached hydrogens (tertiary/aromatic N) is 4. The summed E-state index contributed by atoms with van der Waals surface area (Å²) in [5, 5.41) is 20.4. The summed E-state index contributed by atoms with van der Waals surface area (Å²) in [5.41, 5.74) is 2.93. The molecule has 0 spiro atoms. The smallest absolute Gasteiger partial charge is 0.781 e. The molecule has 17 heteroatoms. The molecule has 3 aliphatic rings. The second kappa shape index (κ2) is 21.6. The number of benzene rings is 2. The number of aldehydes is 1. The van der Waals surface area contributed by atoms with E-state index in [0.717, 1.165) is 58.3 Å². The minimum atomic E-state index is -1.88. The fourth-order valence-electron chi connectivity index (χ4n) is 7.08. The topological polar surface area (TPSA) is 165 Å². The number of anilines is 1. The van der Waals surface area contributed by atoms with Crippen LogP contribution >= 0.6 is 0 Å². The molecule has 0 aromatic heterocycles. The van der Waals surface area contributed by atoms with Crippen molar-refractivity contribution in [2.75, 3.05) is 51.1 Å². The summed E-state index contributed by atoms with van der Waals surface area (Å²) < 4.78 is 29.3. The van der Waals surface area contributed by atoms with E-state index in [-0.39, 0.29) is 72.4 Å². The molecule has 304 valence electrons. The summed E-state index contributed by atoms with van der Waals surface area (Å²) >= 11 is 3.53. The van der Waals surface area contributed by atoms with Crippen molar-refractivity contribution in [2.24, 2.45) is 11.3 Å². The first kappa shape index (κ1) is 47.3. The number of aromatic hydroxyl groups is 1. The number of phenolic OH excluding ortho intramolecular Hbond substituents is 1. The molecule has 3 amide bonds. The van der Waals surface area contributed by atoms with Crippen LogP contribution in [0.5, 0.6) is 5.75 Å². The Morgan fingerprint density at radius 2 is 1.86 bits per heavy atom. The Labute approximate surface area is 361 Å². The molecule has 4 N–H and O–H groups in total. The largest absolute Gasteiger partial charge is 2.00 e. The van der Waals surface area contributed by atoms with E-state index in [1.165, 1.54) is 12.1 Å². The van der Waals surface area contributed by atoms with Crippen molar-refractivity contribution in [3.8, 4) is 5.75 Å². The normalized spacial score (nSPS) is 20.6. The maximum absolute atomic E-state index is 14.4. The second-order valence-electron chi connectivity index (χ2n) is 15.2. The fourth-order valence-corrected chi connectivity index (χ4v) is 8.26. The third-order valence-corrected chi connectivity index (χ3v) is 11.8. The van der Waals surface area contributed by atoms with Crippen molar-refractivity contribution < 1.29 is 64.0 Å². The molecule has 4 atom stereocenters. The summed E-state index contributed by atoms with van der Waals surface area (Å²) in [6, 6.07) is 9.82. The van der Waals surface area contributed by atoms with E-state index in [0.29, 0.717) is 50.4 Å². The van der Waals surface area contributed by atoms with Gasteiger partial charge in [0, 0.05) is 32.6 Å². The van der Waals surface area contributed by atoms with E-state index in [4.69, 9.17) is 12.6 Å². The zero-order valence-corrected chi connectivity index (χ0v) is 38.8. The van der Waals surface area contributed by atoms with E-state index in [2.05, 4.69) is 25.6 Å². The number of hydrogen-bond donors (Lipinski definition) is 4. The number of likely N-dealkylation sites (tertiary alicyclic amines) is 2. The summed E-state index contributed by atoms with van der Waals surface area (Å²) in [5.74, 6) is -1.24. The molecule has 0 saturated carbocycles. The van der Waals surface area contributed by atoms with Gasteiger partial charge in [0.15, 0.2) is 5.82 Å². The van der Waals surface area contributed by atoms with Crippen LogP contribution in [0.15, 0.2) is 42.1 Å². The number of phenols is 1. The third kappa shape index (κ3) is 12.5. The Bertz CT molecular complexity index is 1740. The van der Waals surface area contributed by atoms with Gasteiger partial charge in [0.1, 0.15) is 30.3 Å². The van der Waals surface area contributed by atoms with Gasteiger partial charge in [0.25, 0.3) is 5.91 Å². The molecule has 3 fully saturated rings. The second-order valence-corrected chi connectivity index (χ2v) is 16.7. The number of allylic oxidation sites excluding steroid dienone is 1. The van der Waals surface area contributed by atoms with Crippen LogP contribution in [0.25, 0.3) is 10.2 Å². The minimum absolute atomic E-state index is 0. The predicted molar refractivity (Wildman–Crippen MR) is 215 cm³/mol. The number of carbonyl (C=O) groups excluding carboxylic acids is 4. The van der Waals surface area contributed by atoms with Gasteiger partial charge >= 0.3 is 31.1 Å². The molecule has 3 heterocycles.